The van der Waals surface area contributed by atoms with Gasteiger partial charge in [0, 0.05) is 25.2 Å². The Bertz CT molecular complexity index is 844. The number of sulfonamides is 1. The molecule has 0 radical (unpaired) electrons. The van der Waals surface area contributed by atoms with Crippen molar-refractivity contribution in [2.24, 2.45) is 0 Å². The first-order valence-corrected chi connectivity index (χ1v) is 10.5. The van der Waals surface area contributed by atoms with E-state index in [4.69, 9.17) is 0 Å². The fourth-order valence-corrected chi connectivity index (χ4v) is 3.70. The number of benzene rings is 2. The Morgan fingerprint density at radius 1 is 0.963 bits per heavy atom. The van der Waals surface area contributed by atoms with Crippen molar-refractivity contribution in [3.63, 3.8) is 0 Å². The summed E-state index contributed by atoms with van der Waals surface area (Å²) in [4.78, 5) is 14.4. The van der Waals surface area contributed by atoms with Crippen LogP contribution >= 0.6 is 0 Å². The van der Waals surface area contributed by atoms with Crippen molar-refractivity contribution in [3.05, 3.63) is 65.5 Å². The second kappa shape index (κ2) is 9.62. The molecule has 0 spiro atoms. The molecule has 0 aliphatic rings. The van der Waals surface area contributed by atoms with E-state index in [9.17, 15) is 17.6 Å². The van der Waals surface area contributed by atoms with Gasteiger partial charge in [0.2, 0.25) is 10.0 Å². The highest BCUT2D eigenvalue weighted by Crippen LogP contribution is 2.12. The number of rotatable bonds is 9. The predicted molar refractivity (Wildman–Crippen MR) is 103 cm³/mol. The van der Waals surface area contributed by atoms with Crippen LogP contribution in [0.15, 0.2) is 53.4 Å². The maximum atomic E-state index is 12.9. The van der Waals surface area contributed by atoms with E-state index in [-0.39, 0.29) is 17.3 Å². The highest BCUT2D eigenvalue weighted by Gasteiger charge is 2.15. The van der Waals surface area contributed by atoms with Gasteiger partial charge in [0.1, 0.15) is 5.82 Å². The summed E-state index contributed by atoms with van der Waals surface area (Å²) in [6.07, 6.45) is 1.80. The van der Waals surface area contributed by atoms with Crippen LogP contribution in [0, 0.1) is 5.82 Å². The highest BCUT2D eigenvalue weighted by molar-refractivity contribution is 7.89. The van der Waals surface area contributed by atoms with Gasteiger partial charge in [0.25, 0.3) is 5.91 Å². The number of hydrogen-bond acceptors (Lipinski definition) is 3. The van der Waals surface area contributed by atoms with Gasteiger partial charge in [0.05, 0.1) is 4.90 Å². The topological polar surface area (TPSA) is 66.5 Å². The van der Waals surface area contributed by atoms with Crippen LogP contribution < -0.4 is 4.72 Å². The molecule has 2 aromatic rings. The van der Waals surface area contributed by atoms with Gasteiger partial charge in [-0.1, -0.05) is 26.0 Å². The van der Waals surface area contributed by atoms with Gasteiger partial charge in [0.15, 0.2) is 0 Å². The Hall–Kier alpha value is -2.25. The molecule has 0 bridgehead atoms. The minimum Gasteiger partial charge on any atom is -0.339 e. The zero-order valence-electron chi connectivity index (χ0n) is 15.6. The molecule has 1 N–H and O–H groups in total. The monoisotopic (exact) mass is 392 g/mol. The van der Waals surface area contributed by atoms with E-state index in [1.54, 1.807) is 24.3 Å². The third kappa shape index (κ3) is 5.87. The van der Waals surface area contributed by atoms with E-state index >= 15 is 0 Å². The summed E-state index contributed by atoms with van der Waals surface area (Å²) in [6.45, 7) is 5.58. The molecule has 0 unspecified atom stereocenters. The van der Waals surface area contributed by atoms with Gasteiger partial charge in [-0.2, -0.15) is 0 Å². The van der Waals surface area contributed by atoms with Gasteiger partial charge in [-0.3, -0.25) is 4.79 Å². The van der Waals surface area contributed by atoms with Crippen molar-refractivity contribution in [1.82, 2.24) is 9.62 Å². The molecule has 0 saturated carbocycles. The molecule has 146 valence electrons. The number of carbonyl (C=O) groups is 1. The van der Waals surface area contributed by atoms with E-state index in [1.807, 2.05) is 18.7 Å². The van der Waals surface area contributed by atoms with Crippen molar-refractivity contribution >= 4 is 15.9 Å². The Kier molecular flexibility index (Phi) is 7.50. The molecule has 5 nitrogen and oxygen atoms in total. The smallest absolute Gasteiger partial charge is 0.253 e. The lowest BCUT2D eigenvalue weighted by atomic mass is 10.1. The summed E-state index contributed by atoms with van der Waals surface area (Å²) in [5.74, 6) is -0.508. The first-order valence-electron chi connectivity index (χ1n) is 9.00. The Morgan fingerprint density at radius 3 is 2.04 bits per heavy atom. The largest absolute Gasteiger partial charge is 0.339 e. The normalized spacial score (nSPS) is 11.4. The lowest BCUT2D eigenvalue weighted by molar-refractivity contribution is 0.0755. The van der Waals surface area contributed by atoms with Crippen molar-refractivity contribution in [2.45, 2.75) is 38.1 Å². The fraction of sp³-hybridized carbons (Fsp3) is 0.350. The fourth-order valence-electron chi connectivity index (χ4n) is 2.68. The maximum Gasteiger partial charge on any atom is 0.253 e. The highest BCUT2D eigenvalue weighted by atomic mass is 32.2. The maximum absolute atomic E-state index is 12.9. The third-order valence-corrected chi connectivity index (χ3v) is 5.48. The molecule has 2 aromatic carbocycles. The summed E-state index contributed by atoms with van der Waals surface area (Å²) >= 11 is 0. The average Bonchev–Trinajstić information content (AvgIpc) is 2.66. The quantitative estimate of drug-likeness (QED) is 0.709. The SMILES string of the molecule is CCCN(CCC)C(=O)c1ccc(CNS(=O)(=O)c2ccc(F)cc2)cc1. The third-order valence-electron chi connectivity index (χ3n) is 4.07. The van der Waals surface area contributed by atoms with Gasteiger partial charge < -0.3 is 4.90 Å². The van der Waals surface area contributed by atoms with E-state index in [1.165, 1.54) is 12.1 Å². The minimum absolute atomic E-state index is 0.00507. The van der Waals surface area contributed by atoms with Crippen LogP contribution in [0.1, 0.15) is 42.6 Å². The van der Waals surface area contributed by atoms with Crippen molar-refractivity contribution in [3.8, 4) is 0 Å². The summed E-state index contributed by atoms with van der Waals surface area (Å²) in [7, 11) is -3.72. The molecule has 0 aliphatic carbocycles. The van der Waals surface area contributed by atoms with Crippen LogP contribution in [0.25, 0.3) is 0 Å². The molecule has 1 amide bonds. The number of carbonyl (C=O) groups excluding carboxylic acids is 1. The van der Waals surface area contributed by atoms with Gasteiger partial charge >= 0.3 is 0 Å². The Morgan fingerprint density at radius 2 is 1.52 bits per heavy atom. The number of nitrogens with zero attached hydrogens (tertiary/aromatic N) is 1. The predicted octanol–water partition coefficient (Wildman–Crippen LogP) is 3.57. The van der Waals surface area contributed by atoms with Crippen LogP contribution in [-0.4, -0.2) is 32.3 Å². The van der Waals surface area contributed by atoms with Crippen molar-refractivity contribution < 1.29 is 17.6 Å². The Balaban J connectivity index is 2.03. The van der Waals surface area contributed by atoms with Crippen LogP contribution in [0.3, 0.4) is 0 Å². The van der Waals surface area contributed by atoms with Crippen LogP contribution in [0.5, 0.6) is 0 Å². The second-order valence-corrected chi connectivity index (χ2v) is 8.03. The molecule has 0 aromatic heterocycles. The van der Waals surface area contributed by atoms with Crippen molar-refractivity contribution in [2.75, 3.05) is 13.1 Å². The number of amides is 1. The molecule has 0 aliphatic heterocycles. The zero-order valence-corrected chi connectivity index (χ0v) is 16.4. The molecule has 0 saturated heterocycles. The lowest BCUT2D eigenvalue weighted by Gasteiger charge is -2.21. The molecular formula is C20H25FN2O3S. The second-order valence-electron chi connectivity index (χ2n) is 6.27. The van der Waals surface area contributed by atoms with E-state index in [0.717, 1.165) is 30.5 Å². The Labute approximate surface area is 160 Å². The molecule has 0 fully saturated rings. The summed E-state index contributed by atoms with van der Waals surface area (Å²) in [5, 5.41) is 0. The first-order chi connectivity index (χ1) is 12.9. The summed E-state index contributed by atoms with van der Waals surface area (Å²) in [6, 6.07) is 11.5. The molecule has 0 atom stereocenters. The van der Waals surface area contributed by atoms with Crippen molar-refractivity contribution in [1.29, 1.82) is 0 Å². The summed E-state index contributed by atoms with van der Waals surface area (Å²) < 4.78 is 39.9. The molecule has 27 heavy (non-hydrogen) atoms. The number of halogens is 1. The van der Waals surface area contributed by atoms with Crippen LogP contribution in [-0.2, 0) is 16.6 Å². The first kappa shape index (κ1) is 21.1. The van der Waals surface area contributed by atoms with E-state index in [2.05, 4.69) is 4.72 Å². The number of hydrogen-bond donors (Lipinski definition) is 1. The standard InChI is InChI=1S/C20H25FN2O3S/c1-3-13-23(14-4-2)20(24)17-7-5-16(6-8-17)15-22-27(25,26)19-11-9-18(21)10-12-19/h5-12,22H,3-4,13-15H2,1-2H3. The van der Waals surface area contributed by atoms with E-state index in [0.29, 0.717) is 18.7 Å². The minimum atomic E-state index is -3.72. The lowest BCUT2D eigenvalue weighted by Crippen LogP contribution is -2.32. The van der Waals surface area contributed by atoms with Crippen LogP contribution in [0.2, 0.25) is 0 Å². The molecule has 0 heterocycles. The average molecular weight is 392 g/mol. The molecule has 7 heteroatoms. The van der Waals surface area contributed by atoms with Gasteiger partial charge in [-0.15, -0.1) is 0 Å². The number of nitrogens with one attached hydrogen (secondary N) is 1. The van der Waals surface area contributed by atoms with Crippen LogP contribution in [0.4, 0.5) is 4.39 Å². The zero-order chi connectivity index (χ0) is 19.9. The molecular weight excluding hydrogens is 367 g/mol. The summed E-state index contributed by atoms with van der Waals surface area (Å²) in [5.41, 5.74) is 1.32. The van der Waals surface area contributed by atoms with Gasteiger partial charge in [-0.05, 0) is 54.8 Å². The molecule has 2 rings (SSSR count). The van der Waals surface area contributed by atoms with Gasteiger partial charge in [-0.25, -0.2) is 17.5 Å². The van der Waals surface area contributed by atoms with E-state index < -0.39 is 15.8 Å².